The van der Waals surface area contributed by atoms with Gasteiger partial charge in [-0.3, -0.25) is 14.9 Å². The zero-order valence-electron chi connectivity index (χ0n) is 6.66. The Hall–Kier alpha value is -1.16. The van der Waals surface area contributed by atoms with E-state index in [1.807, 2.05) is 0 Å². The average Bonchev–Trinajstić information content (AvgIpc) is 2.56. The Labute approximate surface area is 74.4 Å². The fraction of sp³-hybridized carbons (Fsp3) is 0.250. The first-order valence-electron chi connectivity index (χ1n) is 3.61. The van der Waals surface area contributed by atoms with Crippen LogP contribution in [0.2, 0.25) is 0 Å². The van der Waals surface area contributed by atoms with Crippen LogP contribution in [0, 0.1) is 0 Å². The molecule has 0 aromatic carbocycles. The van der Waals surface area contributed by atoms with Crippen LogP contribution in [0.5, 0.6) is 0 Å². The fourth-order valence-corrected chi connectivity index (χ4v) is 1.30. The van der Waals surface area contributed by atoms with E-state index >= 15 is 0 Å². The molecule has 0 aliphatic rings. The third-order valence-corrected chi connectivity index (χ3v) is 2.19. The lowest BCUT2D eigenvalue weighted by Crippen LogP contribution is -2.28. The molecule has 0 saturated heterocycles. The fourth-order valence-electron chi connectivity index (χ4n) is 0.684. The smallest absolute Gasteiger partial charge is 0.267 e. The van der Waals surface area contributed by atoms with Gasteiger partial charge >= 0.3 is 0 Å². The van der Waals surface area contributed by atoms with E-state index in [0.717, 1.165) is 0 Å². The molecule has 1 N–H and O–H groups in total. The highest BCUT2D eigenvalue weighted by Crippen LogP contribution is 2.07. The third-order valence-electron chi connectivity index (χ3n) is 1.32. The van der Waals surface area contributed by atoms with Crippen molar-refractivity contribution < 1.29 is 9.59 Å². The Balaban J connectivity index is 2.56. The molecule has 0 aliphatic heterocycles. The van der Waals surface area contributed by atoms with E-state index in [0.29, 0.717) is 11.3 Å². The molecule has 0 bridgehead atoms. The highest BCUT2D eigenvalue weighted by Gasteiger charge is 2.08. The minimum atomic E-state index is -0.308. The van der Waals surface area contributed by atoms with Crippen LogP contribution in [0.15, 0.2) is 17.5 Å². The van der Waals surface area contributed by atoms with Gasteiger partial charge in [0.1, 0.15) is 0 Å². The summed E-state index contributed by atoms with van der Waals surface area (Å²) >= 11 is 1.32. The molecule has 1 heterocycles. The number of thiophene rings is 1. The maximum Gasteiger partial charge on any atom is 0.267 e. The number of hydrogen-bond donors (Lipinski definition) is 1. The lowest BCUT2D eigenvalue weighted by molar-refractivity contribution is -0.119. The summed E-state index contributed by atoms with van der Waals surface area (Å²) in [4.78, 5) is 22.5. The summed E-state index contributed by atoms with van der Waals surface area (Å²) in [5, 5.41) is 4.06. The molecule has 12 heavy (non-hydrogen) atoms. The number of carbonyl (C=O) groups is 2. The number of rotatable bonds is 2. The van der Waals surface area contributed by atoms with Gasteiger partial charge in [-0.25, -0.2) is 0 Å². The maximum absolute atomic E-state index is 11.2. The van der Waals surface area contributed by atoms with Crippen molar-refractivity contribution in [3.63, 3.8) is 0 Å². The lowest BCUT2D eigenvalue weighted by atomic mass is 10.4. The summed E-state index contributed by atoms with van der Waals surface area (Å²) in [5.74, 6) is -0.551. The number of nitrogens with one attached hydrogen (secondary N) is 1. The Bertz CT molecular complexity index is 279. The predicted molar refractivity (Wildman–Crippen MR) is 47.1 cm³/mol. The second-order valence-corrected chi connectivity index (χ2v) is 3.16. The van der Waals surface area contributed by atoms with Crippen LogP contribution < -0.4 is 5.32 Å². The van der Waals surface area contributed by atoms with Crippen molar-refractivity contribution in [2.75, 3.05) is 0 Å². The Morgan fingerprint density at radius 1 is 1.58 bits per heavy atom. The molecule has 3 nitrogen and oxygen atoms in total. The molecule has 4 heteroatoms. The minimum absolute atomic E-state index is 0.242. The van der Waals surface area contributed by atoms with Gasteiger partial charge in [-0.15, -0.1) is 11.3 Å². The first kappa shape index (κ1) is 8.93. The van der Waals surface area contributed by atoms with Gasteiger partial charge in [0.05, 0.1) is 4.88 Å². The molecule has 1 aromatic heterocycles. The van der Waals surface area contributed by atoms with Gasteiger partial charge in [0, 0.05) is 6.42 Å². The van der Waals surface area contributed by atoms with Gasteiger partial charge in [0.2, 0.25) is 5.91 Å². The van der Waals surface area contributed by atoms with Crippen molar-refractivity contribution in [1.82, 2.24) is 5.32 Å². The van der Waals surface area contributed by atoms with Gasteiger partial charge in [-0.1, -0.05) is 13.0 Å². The third kappa shape index (κ3) is 2.17. The Kier molecular flexibility index (Phi) is 2.99. The first-order chi connectivity index (χ1) is 5.74. The molecule has 0 spiro atoms. The van der Waals surface area contributed by atoms with Crippen molar-refractivity contribution in [2.24, 2.45) is 0 Å². The van der Waals surface area contributed by atoms with Crippen LogP contribution >= 0.6 is 11.3 Å². The summed E-state index contributed by atoms with van der Waals surface area (Å²) in [6, 6.07) is 3.46. The monoisotopic (exact) mass is 183 g/mol. The van der Waals surface area contributed by atoms with E-state index in [9.17, 15) is 9.59 Å². The molecule has 64 valence electrons. The molecular weight excluding hydrogens is 174 g/mol. The molecular formula is C8H9NO2S. The summed E-state index contributed by atoms with van der Waals surface area (Å²) in [6.07, 6.45) is 0.330. The molecule has 0 fully saturated rings. The van der Waals surface area contributed by atoms with Gasteiger partial charge in [0.25, 0.3) is 5.91 Å². The van der Waals surface area contributed by atoms with Crippen LogP contribution in [-0.4, -0.2) is 11.8 Å². The van der Waals surface area contributed by atoms with E-state index in [2.05, 4.69) is 5.32 Å². The molecule has 0 radical (unpaired) electrons. The molecule has 0 unspecified atom stereocenters. The highest BCUT2D eigenvalue weighted by molar-refractivity contribution is 7.12. The molecule has 0 atom stereocenters. The summed E-state index contributed by atoms with van der Waals surface area (Å²) in [6.45, 7) is 1.71. The van der Waals surface area contributed by atoms with Gasteiger partial charge in [-0.2, -0.15) is 0 Å². The standard InChI is InChI=1S/C8H9NO2S/c1-2-7(10)9-8(11)6-4-3-5-12-6/h3-5H,2H2,1H3,(H,9,10,11). The van der Waals surface area contributed by atoms with Crippen LogP contribution in [0.25, 0.3) is 0 Å². The van der Waals surface area contributed by atoms with E-state index < -0.39 is 0 Å². The van der Waals surface area contributed by atoms with Gasteiger partial charge < -0.3 is 0 Å². The van der Waals surface area contributed by atoms with E-state index in [1.165, 1.54) is 11.3 Å². The summed E-state index contributed by atoms with van der Waals surface area (Å²) in [5.41, 5.74) is 0. The Morgan fingerprint density at radius 2 is 2.33 bits per heavy atom. The predicted octanol–water partition coefficient (Wildman–Crippen LogP) is 1.41. The van der Waals surface area contributed by atoms with Crippen LogP contribution in [0.4, 0.5) is 0 Å². The zero-order chi connectivity index (χ0) is 8.97. The number of hydrogen-bond acceptors (Lipinski definition) is 3. The van der Waals surface area contributed by atoms with Gasteiger partial charge in [0.15, 0.2) is 0 Å². The topological polar surface area (TPSA) is 46.2 Å². The summed E-state index contributed by atoms with van der Waals surface area (Å²) < 4.78 is 0. The van der Waals surface area contributed by atoms with E-state index in [-0.39, 0.29) is 11.8 Å². The number of carbonyl (C=O) groups excluding carboxylic acids is 2. The average molecular weight is 183 g/mol. The maximum atomic E-state index is 11.2. The second-order valence-electron chi connectivity index (χ2n) is 2.21. The van der Waals surface area contributed by atoms with Crippen molar-refractivity contribution in [3.05, 3.63) is 22.4 Å². The second kappa shape index (κ2) is 4.01. The van der Waals surface area contributed by atoms with Crippen molar-refractivity contribution in [2.45, 2.75) is 13.3 Å². The quantitative estimate of drug-likeness (QED) is 0.753. The molecule has 0 saturated carbocycles. The molecule has 2 amide bonds. The largest absolute Gasteiger partial charge is 0.292 e. The van der Waals surface area contributed by atoms with Gasteiger partial charge in [-0.05, 0) is 11.4 Å². The highest BCUT2D eigenvalue weighted by atomic mass is 32.1. The molecule has 0 aliphatic carbocycles. The number of amides is 2. The molecule has 1 aromatic rings. The van der Waals surface area contributed by atoms with Crippen molar-refractivity contribution in [3.8, 4) is 0 Å². The van der Waals surface area contributed by atoms with Crippen LogP contribution in [0.3, 0.4) is 0 Å². The van der Waals surface area contributed by atoms with E-state index in [1.54, 1.807) is 24.4 Å². The van der Waals surface area contributed by atoms with Crippen LogP contribution in [0.1, 0.15) is 23.0 Å². The SMILES string of the molecule is CCC(=O)NC(=O)c1cccs1. The lowest BCUT2D eigenvalue weighted by Gasteiger charge is -1.97. The minimum Gasteiger partial charge on any atom is -0.292 e. The zero-order valence-corrected chi connectivity index (χ0v) is 7.48. The van der Waals surface area contributed by atoms with Crippen LogP contribution in [-0.2, 0) is 4.79 Å². The normalized spacial score (nSPS) is 9.42. The first-order valence-corrected chi connectivity index (χ1v) is 4.49. The Morgan fingerprint density at radius 3 is 2.83 bits per heavy atom. The van der Waals surface area contributed by atoms with Crippen molar-refractivity contribution >= 4 is 23.2 Å². The van der Waals surface area contributed by atoms with Crippen molar-refractivity contribution in [1.29, 1.82) is 0 Å². The molecule has 1 rings (SSSR count). The van der Waals surface area contributed by atoms with E-state index in [4.69, 9.17) is 0 Å². The summed E-state index contributed by atoms with van der Waals surface area (Å²) in [7, 11) is 0. The number of imide groups is 1.